The van der Waals surface area contributed by atoms with E-state index in [0.717, 1.165) is 0 Å². The summed E-state index contributed by atoms with van der Waals surface area (Å²) in [6.45, 7) is 0.849. The minimum absolute atomic E-state index is 0.0236. The van der Waals surface area contributed by atoms with Crippen molar-refractivity contribution in [1.82, 2.24) is 9.88 Å². The number of nitrogens with zero attached hydrogens (tertiary/aromatic N) is 2. The monoisotopic (exact) mass is 390 g/mol. The van der Waals surface area contributed by atoms with Crippen LogP contribution in [-0.4, -0.2) is 40.7 Å². The summed E-state index contributed by atoms with van der Waals surface area (Å²) in [5.74, 6) is -1.68. The van der Waals surface area contributed by atoms with Crippen molar-refractivity contribution in [2.45, 2.75) is 19.3 Å². The summed E-state index contributed by atoms with van der Waals surface area (Å²) in [5, 5.41) is 4.81. The first-order valence-electron chi connectivity index (χ1n) is 8.51. The molecule has 0 saturated carbocycles. The number of likely N-dealkylation sites (tertiary alicyclic amines) is 1. The van der Waals surface area contributed by atoms with E-state index in [1.807, 2.05) is 0 Å². The molecule has 3 N–H and O–H groups in total. The van der Waals surface area contributed by atoms with Crippen molar-refractivity contribution in [2.24, 2.45) is 11.7 Å². The first-order chi connectivity index (χ1) is 12.9. The number of rotatable bonds is 5. The second-order valence-corrected chi connectivity index (χ2v) is 7.23. The van der Waals surface area contributed by atoms with Crippen LogP contribution in [0.15, 0.2) is 29.6 Å². The fourth-order valence-corrected chi connectivity index (χ4v) is 3.70. The van der Waals surface area contributed by atoms with Crippen LogP contribution in [0.3, 0.4) is 0 Å². The Morgan fingerprint density at radius 1 is 1.30 bits per heavy atom. The molecule has 1 aromatic heterocycles. The molecule has 3 amide bonds. The van der Waals surface area contributed by atoms with E-state index in [2.05, 4.69) is 10.3 Å². The van der Waals surface area contributed by atoms with Crippen LogP contribution in [0.4, 0.5) is 9.52 Å². The van der Waals surface area contributed by atoms with Crippen molar-refractivity contribution in [1.29, 1.82) is 0 Å². The minimum atomic E-state index is -0.486. The first-order valence-corrected chi connectivity index (χ1v) is 9.39. The maximum Gasteiger partial charge on any atom is 0.253 e. The predicted octanol–water partition coefficient (Wildman–Crippen LogP) is 1.80. The van der Waals surface area contributed by atoms with Crippen LogP contribution in [-0.2, 0) is 16.0 Å². The molecule has 1 fully saturated rings. The van der Waals surface area contributed by atoms with E-state index in [1.165, 1.54) is 35.6 Å². The predicted molar refractivity (Wildman–Crippen MR) is 98.7 cm³/mol. The number of amides is 3. The number of piperidine rings is 1. The number of carbonyl (C=O) groups is 3. The number of nitrogens with two attached hydrogens (primary N) is 1. The lowest BCUT2D eigenvalue weighted by Crippen LogP contribution is -2.43. The lowest BCUT2D eigenvalue weighted by molar-refractivity contribution is -0.121. The van der Waals surface area contributed by atoms with E-state index in [1.54, 1.807) is 10.3 Å². The van der Waals surface area contributed by atoms with Crippen molar-refractivity contribution >= 4 is 34.2 Å². The van der Waals surface area contributed by atoms with Gasteiger partial charge in [-0.3, -0.25) is 14.4 Å². The third kappa shape index (κ3) is 4.88. The van der Waals surface area contributed by atoms with Crippen LogP contribution in [0.2, 0.25) is 0 Å². The Hall–Kier alpha value is -2.81. The first kappa shape index (κ1) is 19.0. The van der Waals surface area contributed by atoms with E-state index in [4.69, 9.17) is 5.73 Å². The van der Waals surface area contributed by atoms with Crippen molar-refractivity contribution in [3.05, 3.63) is 46.7 Å². The molecule has 142 valence electrons. The Kier molecular flexibility index (Phi) is 5.80. The summed E-state index contributed by atoms with van der Waals surface area (Å²) < 4.78 is 13.0. The highest BCUT2D eigenvalue weighted by atomic mass is 32.1. The average molecular weight is 390 g/mol. The fourth-order valence-electron chi connectivity index (χ4n) is 2.98. The number of carbonyl (C=O) groups excluding carboxylic acids is 3. The molecule has 1 aliphatic heterocycles. The average Bonchev–Trinajstić information content (AvgIpc) is 3.08. The maximum absolute atomic E-state index is 13.0. The standard InChI is InChI=1S/C18H19FN4O3S/c19-13-5-3-11(4-6-13)17(26)23-7-1-2-12(9-23)16(25)22-18-21-14(10-27-18)8-15(20)24/h3-6,10,12H,1-2,7-9H2,(H2,20,24)(H,21,22,25)/t12-/m1/s1. The molecule has 0 radical (unpaired) electrons. The molecule has 9 heteroatoms. The summed E-state index contributed by atoms with van der Waals surface area (Å²) in [4.78, 5) is 41.8. The smallest absolute Gasteiger partial charge is 0.253 e. The summed E-state index contributed by atoms with van der Waals surface area (Å²) in [6.07, 6.45) is 1.39. The second kappa shape index (κ2) is 8.26. The SMILES string of the molecule is NC(=O)Cc1csc(NC(=O)[C@@H]2CCCN(C(=O)c3ccc(F)cc3)C2)n1. The van der Waals surface area contributed by atoms with E-state index >= 15 is 0 Å². The molecular formula is C18H19FN4O3S. The Balaban J connectivity index is 1.60. The molecule has 1 aliphatic rings. The largest absolute Gasteiger partial charge is 0.369 e. The molecule has 0 bridgehead atoms. The van der Waals surface area contributed by atoms with Gasteiger partial charge in [0.1, 0.15) is 5.82 Å². The highest BCUT2D eigenvalue weighted by Crippen LogP contribution is 2.22. The molecule has 2 aromatic rings. The normalized spacial score (nSPS) is 16.8. The minimum Gasteiger partial charge on any atom is -0.369 e. The highest BCUT2D eigenvalue weighted by molar-refractivity contribution is 7.13. The molecule has 3 rings (SSSR count). The van der Waals surface area contributed by atoms with Gasteiger partial charge in [0.25, 0.3) is 5.91 Å². The highest BCUT2D eigenvalue weighted by Gasteiger charge is 2.29. The van der Waals surface area contributed by atoms with Gasteiger partial charge < -0.3 is 16.0 Å². The molecule has 0 unspecified atom stereocenters. The summed E-state index contributed by atoms with van der Waals surface area (Å²) in [6, 6.07) is 5.37. The van der Waals surface area contributed by atoms with Crippen LogP contribution in [0.1, 0.15) is 28.9 Å². The molecule has 1 aromatic carbocycles. The zero-order chi connectivity index (χ0) is 19.4. The Labute approximate surface area is 159 Å². The van der Waals surface area contributed by atoms with Gasteiger partial charge in [-0.05, 0) is 37.1 Å². The number of primary amides is 1. The number of aromatic nitrogens is 1. The topological polar surface area (TPSA) is 105 Å². The van der Waals surface area contributed by atoms with E-state index < -0.39 is 11.7 Å². The van der Waals surface area contributed by atoms with Gasteiger partial charge in [0, 0.05) is 24.0 Å². The van der Waals surface area contributed by atoms with Crippen LogP contribution < -0.4 is 11.1 Å². The Bertz CT molecular complexity index is 853. The number of thiazole rings is 1. The number of nitrogens with one attached hydrogen (secondary N) is 1. The molecule has 27 heavy (non-hydrogen) atoms. The number of hydrogen-bond donors (Lipinski definition) is 2. The number of anilines is 1. The van der Waals surface area contributed by atoms with E-state index in [0.29, 0.717) is 42.3 Å². The molecule has 0 spiro atoms. The van der Waals surface area contributed by atoms with Crippen molar-refractivity contribution < 1.29 is 18.8 Å². The van der Waals surface area contributed by atoms with Crippen LogP contribution in [0, 0.1) is 11.7 Å². The van der Waals surface area contributed by atoms with Crippen molar-refractivity contribution in [2.75, 3.05) is 18.4 Å². The fraction of sp³-hybridized carbons (Fsp3) is 0.333. The molecule has 0 aliphatic carbocycles. The van der Waals surface area contributed by atoms with Gasteiger partial charge in [-0.25, -0.2) is 9.37 Å². The molecular weight excluding hydrogens is 371 g/mol. The lowest BCUT2D eigenvalue weighted by Gasteiger charge is -2.32. The van der Waals surface area contributed by atoms with Gasteiger partial charge in [0.15, 0.2) is 5.13 Å². The Morgan fingerprint density at radius 2 is 2.04 bits per heavy atom. The second-order valence-electron chi connectivity index (χ2n) is 6.37. The maximum atomic E-state index is 13.0. The summed E-state index contributed by atoms with van der Waals surface area (Å²) in [7, 11) is 0. The van der Waals surface area contributed by atoms with E-state index in [9.17, 15) is 18.8 Å². The van der Waals surface area contributed by atoms with Crippen molar-refractivity contribution in [3.8, 4) is 0 Å². The van der Waals surface area contributed by atoms with Gasteiger partial charge >= 0.3 is 0 Å². The van der Waals surface area contributed by atoms with Crippen LogP contribution in [0.25, 0.3) is 0 Å². The molecule has 2 heterocycles. The lowest BCUT2D eigenvalue weighted by atomic mass is 9.96. The number of halogens is 1. The number of benzene rings is 1. The summed E-state index contributed by atoms with van der Waals surface area (Å²) in [5.41, 5.74) is 6.04. The number of hydrogen-bond acceptors (Lipinski definition) is 5. The van der Waals surface area contributed by atoms with Gasteiger partial charge in [-0.2, -0.15) is 0 Å². The van der Waals surface area contributed by atoms with Crippen LogP contribution in [0.5, 0.6) is 0 Å². The Morgan fingerprint density at radius 3 is 2.74 bits per heavy atom. The molecule has 1 atom stereocenters. The third-order valence-electron chi connectivity index (χ3n) is 4.31. The molecule has 1 saturated heterocycles. The van der Waals surface area contributed by atoms with Gasteiger partial charge in [0.05, 0.1) is 18.0 Å². The van der Waals surface area contributed by atoms with Crippen LogP contribution >= 0.6 is 11.3 Å². The zero-order valence-corrected chi connectivity index (χ0v) is 15.3. The van der Waals surface area contributed by atoms with Gasteiger partial charge in [-0.15, -0.1) is 11.3 Å². The quantitative estimate of drug-likeness (QED) is 0.812. The van der Waals surface area contributed by atoms with Crippen molar-refractivity contribution in [3.63, 3.8) is 0 Å². The third-order valence-corrected chi connectivity index (χ3v) is 5.11. The van der Waals surface area contributed by atoms with E-state index in [-0.39, 0.29) is 24.2 Å². The molecule has 7 nitrogen and oxygen atoms in total. The van der Waals surface area contributed by atoms with Gasteiger partial charge in [0.2, 0.25) is 11.8 Å². The van der Waals surface area contributed by atoms with Gasteiger partial charge in [-0.1, -0.05) is 0 Å². The zero-order valence-electron chi connectivity index (χ0n) is 14.5. The summed E-state index contributed by atoms with van der Waals surface area (Å²) >= 11 is 1.22.